The molecule has 0 unspecified atom stereocenters. The molecule has 1 aromatic heterocycles. The predicted octanol–water partition coefficient (Wildman–Crippen LogP) is 3.64. The Hall–Kier alpha value is -1.94. The number of methoxy groups -OCH3 is 1. The highest BCUT2D eigenvalue weighted by molar-refractivity contribution is 6.33. The molecule has 0 aliphatic heterocycles. The number of rotatable bonds is 3. The average molecular weight is 303 g/mol. The average Bonchev–Trinajstić information content (AvgIpc) is 3.25. The predicted molar refractivity (Wildman–Crippen MR) is 80.4 cm³/mol. The Labute approximate surface area is 128 Å². The number of benzene rings is 1. The number of hydrogen-bond donors (Lipinski definition) is 0. The molecule has 0 saturated heterocycles. The van der Waals surface area contributed by atoms with Gasteiger partial charge in [0.25, 0.3) is 0 Å². The van der Waals surface area contributed by atoms with Crippen molar-refractivity contribution in [1.82, 2.24) is 9.97 Å². The smallest absolute Gasteiger partial charge is 0.357 e. The first-order chi connectivity index (χ1) is 10.0. The molecule has 5 heteroatoms. The van der Waals surface area contributed by atoms with E-state index in [2.05, 4.69) is 16.9 Å². The number of nitrogens with zero attached hydrogens (tertiary/aromatic N) is 2. The summed E-state index contributed by atoms with van der Waals surface area (Å²) in [7, 11) is 1.35. The SMILES string of the molecule is COC(=O)c1nc(C2(C)CC2)ncc1-c1ccccc1Cl. The van der Waals surface area contributed by atoms with Crippen LogP contribution < -0.4 is 0 Å². The van der Waals surface area contributed by atoms with Crippen LogP contribution in [0.2, 0.25) is 5.02 Å². The Morgan fingerprint density at radius 3 is 2.62 bits per heavy atom. The number of ether oxygens (including phenoxy) is 1. The lowest BCUT2D eigenvalue weighted by Gasteiger charge is -2.12. The van der Waals surface area contributed by atoms with Crippen molar-refractivity contribution >= 4 is 17.6 Å². The fraction of sp³-hybridized carbons (Fsp3) is 0.312. The zero-order valence-corrected chi connectivity index (χ0v) is 12.6. The van der Waals surface area contributed by atoms with Crippen LogP contribution in [0.4, 0.5) is 0 Å². The van der Waals surface area contributed by atoms with Crippen LogP contribution in [0, 0.1) is 0 Å². The van der Waals surface area contributed by atoms with Gasteiger partial charge in [0, 0.05) is 27.8 Å². The van der Waals surface area contributed by atoms with Crippen LogP contribution in [0.3, 0.4) is 0 Å². The van der Waals surface area contributed by atoms with Crippen molar-refractivity contribution in [2.45, 2.75) is 25.2 Å². The van der Waals surface area contributed by atoms with Gasteiger partial charge >= 0.3 is 5.97 Å². The summed E-state index contributed by atoms with van der Waals surface area (Å²) in [5, 5.41) is 0.552. The summed E-state index contributed by atoms with van der Waals surface area (Å²) in [6.07, 6.45) is 3.75. The third-order valence-corrected chi connectivity index (χ3v) is 4.20. The molecule has 108 valence electrons. The maximum absolute atomic E-state index is 12.1. The third kappa shape index (κ3) is 2.51. The minimum atomic E-state index is -0.474. The summed E-state index contributed by atoms with van der Waals surface area (Å²) < 4.78 is 4.85. The van der Waals surface area contributed by atoms with E-state index < -0.39 is 5.97 Å². The van der Waals surface area contributed by atoms with Crippen molar-refractivity contribution in [1.29, 1.82) is 0 Å². The second-order valence-electron chi connectivity index (χ2n) is 5.49. The van der Waals surface area contributed by atoms with Crippen LogP contribution in [0.5, 0.6) is 0 Å². The van der Waals surface area contributed by atoms with E-state index in [1.807, 2.05) is 18.2 Å². The first-order valence-electron chi connectivity index (χ1n) is 6.76. The van der Waals surface area contributed by atoms with Gasteiger partial charge in [0.05, 0.1) is 7.11 Å². The largest absolute Gasteiger partial charge is 0.464 e. The Morgan fingerprint density at radius 2 is 2.00 bits per heavy atom. The van der Waals surface area contributed by atoms with Crippen LogP contribution in [0.1, 0.15) is 36.1 Å². The van der Waals surface area contributed by atoms with Gasteiger partial charge < -0.3 is 4.74 Å². The molecular weight excluding hydrogens is 288 g/mol. The molecule has 4 nitrogen and oxygen atoms in total. The molecule has 0 N–H and O–H groups in total. The van der Waals surface area contributed by atoms with E-state index in [0.29, 0.717) is 16.4 Å². The van der Waals surface area contributed by atoms with E-state index in [9.17, 15) is 4.79 Å². The molecule has 1 fully saturated rings. The minimum absolute atomic E-state index is 0.0121. The zero-order chi connectivity index (χ0) is 15.0. The molecule has 2 aromatic rings. The first kappa shape index (κ1) is 14.0. The van der Waals surface area contributed by atoms with Crippen molar-refractivity contribution in [3.8, 4) is 11.1 Å². The lowest BCUT2D eigenvalue weighted by molar-refractivity contribution is 0.0594. The van der Waals surface area contributed by atoms with E-state index in [0.717, 1.165) is 18.4 Å². The fourth-order valence-corrected chi connectivity index (χ4v) is 2.45. The fourth-order valence-electron chi connectivity index (χ4n) is 2.21. The number of carbonyl (C=O) groups is 1. The van der Waals surface area contributed by atoms with Crippen molar-refractivity contribution in [3.63, 3.8) is 0 Å². The zero-order valence-electron chi connectivity index (χ0n) is 11.9. The number of aromatic nitrogens is 2. The summed E-state index contributed by atoms with van der Waals surface area (Å²) in [4.78, 5) is 20.9. The Kier molecular flexibility index (Phi) is 3.41. The maximum atomic E-state index is 12.1. The number of esters is 1. The molecule has 1 heterocycles. The molecule has 0 atom stereocenters. The van der Waals surface area contributed by atoms with Crippen LogP contribution >= 0.6 is 11.6 Å². The molecule has 3 rings (SSSR count). The second kappa shape index (κ2) is 5.11. The molecule has 1 aliphatic carbocycles. The highest BCUT2D eigenvalue weighted by Gasteiger charge is 2.42. The molecule has 0 amide bonds. The molecule has 0 radical (unpaired) electrons. The first-order valence-corrected chi connectivity index (χ1v) is 7.14. The molecule has 1 aromatic carbocycles. The number of carbonyl (C=O) groups excluding carboxylic acids is 1. The van der Waals surface area contributed by atoms with Crippen molar-refractivity contribution in [2.75, 3.05) is 7.11 Å². The number of hydrogen-bond acceptors (Lipinski definition) is 4. The lowest BCUT2D eigenvalue weighted by Crippen LogP contribution is -2.14. The Bertz CT molecular complexity index is 711. The summed E-state index contributed by atoms with van der Waals surface area (Å²) >= 11 is 6.21. The molecular formula is C16H15ClN2O2. The van der Waals surface area contributed by atoms with Gasteiger partial charge in [0.2, 0.25) is 0 Å². The van der Waals surface area contributed by atoms with Crippen LogP contribution in [0.15, 0.2) is 30.5 Å². The van der Waals surface area contributed by atoms with Crippen molar-refractivity contribution < 1.29 is 9.53 Å². The molecule has 21 heavy (non-hydrogen) atoms. The van der Waals surface area contributed by atoms with E-state index in [1.54, 1.807) is 12.3 Å². The summed E-state index contributed by atoms with van der Waals surface area (Å²) in [6, 6.07) is 7.31. The van der Waals surface area contributed by atoms with E-state index in [1.165, 1.54) is 7.11 Å². The highest BCUT2D eigenvalue weighted by Crippen LogP contribution is 2.46. The normalized spacial score (nSPS) is 15.6. The standard InChI is InChI=1S/C16H15ClN2O2/c1-16(7-8-16)15-18-9-11(13(19-15)14(20)21-2)10-5-3-4-6-12(10)17/h3-6,9H,7-8H2,1-2H3. The van der Waals surface area contributed by atoms with Crippen LogP contribution in [-0.2, 0) is 10.2 Å². The van der Waals surface area contributed by atoms with Gasteiger partial charge in [-0.25, -0.2) is 14.8 Å². The van der Waals surface area contributed by atoms with Gasteiger partial charge in [-0.2, -0.15) is 0 Å². The van der Waals surface area contributed by atoms with E-state index in [-0.39, 0.29) is 11.1 Å². The topological polar surface area (TPSA) is 52.1 Å². The lowest BCUT2D eigenvalue weighted by atomic mass is 10.0. The number of halogens is 1. The van der Waals surface area contributed by atoms with Crippen LogP contribution in [0.25, 0.3) is 11.1 Å². The Morgan fingerprint density at radius 1 is 1.29 bits per heavy atom. The van der Waals surface area contributed by atoms with Gasteiger partial charge in [-0.1, -0.05) is 36.7 Å². The maximum Gasteiger partial charge on any atom is 0.357 e. The molecule has 0 spiro atoms. The van der Waals surface area contributed by atoms with Gasteiger partial charge in [0.1, 0.15) is 5.82 Å². The van der Waals surface area contributed by atoms with E-state index in [4.69, 9.17) is 16.3 Å². The summed E-state index contributed by atoms with van der Waals surface area (Å²) in [5.41, 5.74) is 1.58. The highest BCUT2D eigenvalue weighted by atomic mass is 35.5. The van der Waals surface area contributed by atoms with Gasteiger partial charge in [-0.3, -0.25) is 0 Å². The molecule has 1 aliphatic rings. The Balaban J connectivity index is 2.16. The summed E-state index contributed by atoms with van der Waals surface area (Å²) in [6.45, 7) is 2.10. The molecule has 0 bridgehead atoms. The monoisotopic (exact) mass is 302 g/mol. The quantitative estimate of drug-likeness (QED) is 0.812. The van der Waals surface area contributed by atoms with Gasteiger partial charge in [0.15, 0.2) is 5.69 Å². The minimum Gasteiger partial charge on any atom is -0.464 e. The van der Waals surface area contributed by atoms with Crippen molar-refractivity contribution in [3.05, 3.63) is 47.0 Å². The summed E-state index contributed by atoms with van der Waals surface area (Å²) in [5.74, 6) is 0.219. The third-order valence-electron chi connectivity index (χ3n) is 3.87. The molecule has 1 saturated carbocycles. The van der Waals surface area contributed by atoms with Gasteiger partial charge in [-0.15, -0.1) is 0 Å². The van der Waals surface area contributed by atoms with Crippen molar-refractivity contribution in [2.24, 2.45) is 0 Å². The van der Waals surface area contributed by atoms with E-state index >= 15 is 0 Å². The van der Waals surface area contributed by atoms with Crippen LogP contribution in [-0.4, -0.2) is 23.0 Å². The van der Waals surface area contributed by atoms with Gasteiger partial charge in [-0.05, 0) is 18.9 Å². The second-order valence-corrected chi connectivity index (χ2v) is 5.90.